The van der Waals surface area contributed by atoms with Crippen molar-refractivity contribution in [2.75, 3.05) is 20.6 Å². The lowest BCUT2D eigenvalue weighted by Gasteiger charge is -2.40. The fourth-order valence-corrected chi connectivity index (χ4v) is 1.88. The first-order chi connectivity index (χ1) is 7.98. The maximum atomic E-state index is 4.18. The SMILES string of the molecule is CCNC(Cc1cccnc1)C(C)(C)N(C)C. The highest BCUT2D eigenvalue weighted by Crippen LogP contribution is 2.19. The summed E-state index contributed by atoms with van der Waals surface area (Å²) in [6, 6.07) is 4.57. The summed E-state index contributed by atoms with van der Waals surface area (Å²) in [7, 11) is 4.27. The van der Waals surface area contributed by atoms with Crippen molar-refractivity contribution in [3.05, 3.63) is 30.1 Å². The van der Waals surface area contributed by atoms with Gasteiger partial charge in [-0.15, -0.1) is 0 Å². The first kappa shape index (κ1) is 14.1. The number of pyridine rings is 1. The zero-order valence-electron chi connectivity index (χ0n) is 11.7. The van der Waals surface area contributed by atoms with E-state index in [1.54, 1.807) is 0 Å². The highest BCUT2D eigenvalue weighted by atomic mass is 15.2. The topological polar surface area (TPSA) is 28.2 Å². The van der Waals surface area contributed by atoms with E-state index >= 15 is 0 Å². The molecule has 0 amide bonds. The van der Waals surface area contributed by atoms with Gasteiger partial charge in [0.05, 0.1) is 0 Å². The average molecular weight is 235 g/mol. The molecule has 0 saturated carbocycles. The Labute approximate surface area is 105 Å². The van der Waals surface area contributed by atoms with Gasteiger partial charge < -0.3 is 10.2 Å². The molecule has 1 rings (SSSR count). The molecule has 0 aliphatic carbocycles. The summed E-state index contributed by atoms with van der Waals surface area (Å²) in [4.78, 5) is 6.46. The molecule has 0 radical (unpaired) electrons. The maximum absolute atomic E-state index is 4.18. The van der Waals surface area contributed by atoms with Crippen LogP contribution < -0.4 is 5.32 Å². The van der Waals surface area contributed by atoms with E-state index in [2.05, 4.69) is 56.1 Å². The van der Waals surface area contributed by atoms with Crippen molar-refractivity contribution >= 4 is 0 Å². The normalized spacial score (nSPS) is 14.0. The fourth-order valence-electron chi connectivity index (χ4n) is 1.88. The van der Waals surface area contributed by atoms with Gasteiger partial charge in [-0.3, -0.25) is 4.98 Å². The van der Waals surface area contributed by atoms with Crippen LogP contribution in [-0.2, 0) is 6.42 Å². The van der Waals surface area contributed by atoms with Crippen molar-refractivity contribution in [3.8, 4) is 0 Å². The molecular formula is C14H25N3. The van der Waals surface area contributed by atoms with Crippen LogP contribution >= 0.6 is 0 Å². The minimum atomic E-state index is 0.117. The molecule has 0 spiro atoms. The molecular weight excluding hydrogens is 210 g/mol. The molecule has 1 N–H and O–H groups in total. The van der Waals surface area contributed by atoms with E-state index in [0.717, 1.165) is 13.0 Å². The van der Waals surface area contributed by atoms with Crippen LogP contribution in [0.4, 0.5) is 0 Å². The molecule has 1 heterocycles. The van der Waals surface area contributed by atoms with Crippen LogP contribution in [-0.4, -0.2) is 42.1 Å². The Kier molecular flexibility index (Phi) is 5.09. The first-order valence-corrected chi connectivity index (χ1v) is 6.28. The van der Waals surface area contributed by atoms with Gasteiger partial charge in [0.15, 0.2) is 0 Å². The number of nitrogens with zero attached hydrogens (tertiary/aromatic N) is 2. The number of hydrogen-bond acceptors (Lipinski definition) is 3. The zero-order chi connectivity index (χ0) is 12.9. The van der Waals surface area contributed by atoms with E-state index in [9.17, 15) is 0 Å². The first-order valence-electron chi connectivity index (χ1n) is 6.28. The van der Waals surface area contributed by atoms with Crippen LogP contribution in [0.2, 0.25) is 0 Å². The predicted octanol–water partition coefficient (Wildman–Crippen LogP) is 1.94. The smallest absolute Gasteiger partial charge is 0.0303 e. The molecule has 1 atom stereocenters. The van der Waals surface area contributed by atoms with Crippen LogP contribution in [0.15, 0.2) is 24.5 Å². The molecule has 17 heavy (non-hydrogen) atoms. The van der Waals surface area contributed by atoms with E-state index in [1.165, 1.54) is 5.56 Å². The van der Waals surface area contributed by atoms with Crippen LogP contribution in [0.1, 0.15) is 26.3 Å². The van der Waals surface area contributed by atoms with E-state index in [4.69, 9.17) is 0 Å². The number of hydrogen-bond donors (Lipinski definition) is 1. The van der Waals surface area contributed by atoms with Crippen molar-refractivity contribution in [1.29, 1.82) is 0 Å². The van der Waals surface area contributed by atoms with Crippen molar-refractivity contribution in [2.45, 2.75) is 38.8 Å². The van der Waals surface area contributed by atoms with Crippen molar-refractivity contribution in [3.63, 3.8) is 0 Å². The Morgan fingerprint density at radius 2 is 2.12 bits per heavy atom. The van der Waals surface area contributed by atoms with Gasteiger partial charge in [0.2, 0.25) is 0 Å². The molecule has 0 saturated heterocycles. The molecule has 0 fully saturated rings. The number of aromatic nitrogens is 1. The van der Waals surface area contributed by atoms with Gasteiger partial charge in [-0.25, -0.2) is 0 Å². The second-order valence-corrected chi connectivity index (χ2v) is 5.22. The molecule has 3 heteroatoms. The molecule has 0 aromatic carbocycles. The van der Waals surface area contributed by atoms with Crippen molar-refractivity contribution in [1.82, 2.24) is 15.2 Å². The standard InChI is InChI=1S/C14H25N3/c1-6-16-13(14(2,3)17(4)5)10-12-8-7-9-15-11-12/h7-9,11,13,16H,6,10H2,1-5H3. The number of rotatable bonds is 6. The third-order valence-electron chi connectivity index (χ3n) is 3.62. The summed E-state index contributed by atoms with van der Waals surface area (Å²) in [5.41, 5.74) is 1.40. The highest BCUT2D eigenvalue weighted by molar-refractivity contribution is 5.12. The maximum Gasteiger partial charge on any atom is 0.0303 e. The quantitative estimate of drug-likeness (QED) is 0.817. The molecule has 0 bridgehead atoms. The zero-order valence-corrected chi connectivity index (χ0v) is 11.7. The minimum absolute atomic E-state index is 0.117. The van der Waals surface area contributed by atoms with Crippen molar-refractivity contribution < 1.29 is 0 Å². The van der Waals surface area contributed by atoms with Gasteiger partial charge in [0, 0.05) is 24.0 Å². The molecule has 1 unspecified atom stereocenters. The number of nitrogens with one attached hydrogen (secondary N) is 1. The van der Waals surface area contributed by atoms with Gasteiger partial charge >= 0.3 is 0 Å². The van der Waals surface area contributed by atoms with Crippen molar-refractivity contribution in [2.24, 2.45) is 0 Å². The minimum Gasteiger partial charge on any atom is -0.312 e. The largest absolute Gasteiger partial charge is 0.312 e. The van der Waals surface area contributed by atoms with E-state index < -0.39 is 0 Å². The predicted molar refractivity (Wildman–Crippen MR) is 73.2 cm³/mol. The van der Waals surface area contributed by atoms with Crippen LogP contribution in [0.3, 0.4) is 0 Å². The van der Waals surface area contributed by atoms with Gasteiger partial charge in [-0.2, -0.15) is 0 Å². The Morgan fingerprint density at radius 3 is 2.59 bits per heavy atom. The number of likely N-dealkylation sites (N-methyl/N-ethyl adjacent to an activating group) is 2. The second kappa shape index (κ2) is 6.12. The van der Waals surface area contributed by atoms with Gasteiger partial charge in [-0.1, -0.05) is 13.0 Å². The second-order valence-electron chi connectivity index (χ2n) is 5.22. The molecule has 1 aromatic heterocycles. The van der Waals surface area contributed by atoms with Crippen LogP contribution in [0.25, 0.3) is 0 Å². The van der Waals surface area contributed by atoms with Crippen LogP contribution in [0.5, 0.6) is 0 Å². The van der Waals surface area contributed by atoms with E-state index in [0.29, 0.717) is 6.04 Å². The molecule has 3 nitrogen and oxygen atoms in total. The summed E-state index contributed by atoms with van der Waals surface area (Å²) in [5, 5.41) is 3.58. The van der Waals surface area contributed by atoms with E-state index in [-0.39, 0.29) is 5.54 Å². The lowest BCUT2D eigenvalue weighted by molar-refractivity contribution is 0.138. The third kappa shape index (κ3) is 3.79. The molecule has 0 aliphatic rings. The lowest BCUT2D eigenvalue weighted by atomic mass is 9.88. The average Bonchev–Trinajstić information content (AvgIpc) is 2.29. The van der Waals surface area contributed by atoms with E-state index in [1.807, 2.05) is 18.5 Å². The summed E-state index contributed by atoms with van der Waals surface area (Å²) in [5.74, 6) is 0. The monoisotopic (exact) mass is 235 g/mol. The Hall–Kier alpha value is -0.930. The summed E-state index contributed by atoms with van der Waals surface area (Å²) in [6.45, 7) is 7.69. The molecule has 0 aliphatic heterocycles. The fraction of sp³-hybridized carbons (Fsp3) is 0.643. The van der Waals surface area contributed by atoms with Crippen LogP contribution in [0, 0.1) is 0 Å². The van der Waals surface area contributed by atoms with Gasteiger partial charge in [0.1, 0.15) is 0 Å². The Morgan fingerprint density at radius 1 is 1.41 bits per heavy atom. The van der Waals surface area contributed by atoms with Gasteiger partial charge in [0.25, 0.3) is 0 Å². The molecule has 96 valence electrons. The Bertz CT molecular complexity index is 319. The summed E-state index contributed by atoms with van der Waals surface area (Å²) >= 11 is 0. The summed E-state index contributed by atoms with van der Waals surface area (Å²) < 4.78 is 0. The Balaban J connectivity index is 2.80. The lowest BCUT2D eigenvalue weighted by Crippen LogP contribution is -2.56. The highest BCUT2D eigenvalue weighted by Gasteiger charge is 2.30. The third-order valence-corrected chi connectivity index (χ3v) is 3.62. The summed E-state index contributed by atoms with van der Waals surface area (Å²) in [6.07, 6.45) is 4.78. The van der Waals surface area contributed by atoms with Gasteiger partial charge in [-0.05, 0) is 52.5 Å². The molecule has 1 aromatic rings.